The maximum atomic E-state index is 12.2. The summed E-state index contributed by atoms with van der Waals surface area (Å²) in [4.78, 5) is 20.6. The molecule has 3 rings (SSSR count). The molecule has 0 saturated carbocycles. The summed E-state index contributed by atoms with van der Waals surface area (Å²) >= 11 is 0. The monoisotopic (exact) mass is 322 g/mol. The summed E-state index contributed by atoms with van der Waals surface area (Å²) in [5.74, 6) is 0.0591. The van der Waals surface area contributed by atoms with E-state index in [0.29, 0.717) is 5.78 Å². The van der Waals surface area contributed by atoms with Gasteiger partial charge in [0.15, 0.2) is 0 Å². The fourth-order valence-electron chi connectivity index (χ4n) is 2.31. The zero-order valence-corrected chi connectivity index (χ0v) is 13.7. The quantitative estimate of drug-likeness (QED) is 0.718. The van der Waals surface area contributed by atoms with E-state index in [1.807, 2.05) is 63.2 Å². The van der Waals surface area contributed by atoms with E-state index < -0.39 is 5.91 Å². The number of benzene rings is 1. The third kappa shape index (κ3) is 3.40. The highest BCUT2D eigenvalue weighted by Gasteiger charge is 2.14. The van der Waals surface area contributed by atoms with Gasteiger partial charge < -0.3 is 5.43 Å². The van der Waals surface area contributed by atoms with Gasteiger partial charge in [0.05, 0.1) is 0 Å². The van der Waals surface area contributed by atoms with E-state index in [2.05, 4.69) is 25.9 Å². The molecule has 2 heterocycles. The van der Waals surface area contributed by atoms with E-state index in [0.717, 1.165) is 22.6 Å². The Balaban J connectivity index is 1.71. The van der Waals surface area contributed by atoms with Crippen molar-refractivity contribution in [1.82, 2.24) is 30.4 Å². The predicted octanol–water partition coefficient (Wildman–Crippen LogP) is 2.04. The molecular formula is C17H18N6O. The van der Waals surface area contributed by atoms with E-state index in [1.165, 1.54) is 0 Å². The zero-order valence-electron chi connectivity index (χ0n) is 13.7. The van der Waals surface area contributed by atoms with Crippen LogP contribution in [0, 0.1) is 13.8 Å². The predicted molar refractivity (Wildman–Crippen MR) is 91.0 cm³/mol. The molecule has 2 N–H and O–H groups in total. The number of carbonyl (C=O) groups excluding carboxylic acids is 1. The normalized spacial score (nSPS) is 11.5. The summed E-state index contributed by atoms with van der Waals surface area (Å²) in [6.45, 7) is 5.63. The average Bonchev–Trinajstić information content (AvgIpc) is 2.98. The summed E-state index contributed by atoms with van der Waals surface area (Å²) in [5, 5.41) is 4.19. The Labute approximate surface area is 139 Å². The molecule has 0 unspecified atom stereocenters. The molecule has 0 aliphatic heterocycles. The number of hydrogen-bond acceptors (Lipinski definition) is 5. The SMILES string of the molecule is C/C(=C\c1ccccc1)NNC(=O)c1nc2nc(C)cc(C)n2n1. The Morgan fingerprint density at radius 1 is 1.12 bits per heavy atom. The fourth-order valence-corrected chi connectivity index (χ4v) is 2.31. The van der Waals surface area contributed by atoms with E-state index in [-0.39, 0.29) is 5.82 Å². The third-order valence-corrected chi connectivity index (χ3v) is 3.38. The van der Waals surface area contributed by atoms with Crippen molar-refractivity contribution in [3.63, 3.8) is 0 Å². The Hall–Kier alpha value is -3.22. The van der Waals surface area contributed by atoms with Gasteiger partial charge >= 0.3 is 5.91 Å². The molecule has 1 aromatic carbocycles. The molecule has 3 aromatic rings. The number of carbonyl (C=O) groups is 1. The number of fused-ring (bicyclic) bond motifs is 1. The zero-order chi connectivity index (χ0) is 17.1. The van der Waals surface area contributed by atoms with Crippen molar-refractivity contribution >= 4 is 17.8 Å². The van der Waals surface area contributed by atoms with Crippen LogP contribution < -0.4 is 10.9 Å². The van der Waals surface area contributed by atoms with Crippen molar-refractivity contribution in [3.8, 4) is 0 Å². The second-order valence-corrected chi connectivity index (χ2v) is 5.50. The molecule has 0 fully saturated rings. The lowest BCUT2D eigenvalue weighted by molar-refractivity contribution is 0.0929. The second-order valence-electron chi connectivity index (χ2n) is 5.50. The number of hydrazine groups is 1. The topological polar surface area (TPSA) is 84.2 Å². The van der Waals surface area contributed by atoms with E-state index in [4.69, 9.17) is 0 Å². The first-order chi connectivity index (χ1) is 11.5. The molecule has 0 bridgehead atoms. The highest BCUT2D eigenvalue weighted by atomic mass is 16.2. The van der Waals surface area contributed by atoms with Gasteiger partial charge in [-0.1, -0.05) is 30.3 Å². The highest BCUT2D eigenvalue weighted by molar-refractivity contribution is 5.90. The number of hydrogen-bond donors (Lipinski definition) is 2. The van der Waals surface area contributed by atoms with Gasteiger partial charge in [0, 0.05) is 17.1 Å². The van der Waals surface area contributed by atoms with Crippen molar-refractivity contribution in [2.75, 3.05) is 0 Å². The van der Waals surface area contributed by atoms with Crippen LogP contribution in [0.25, 0.3) is 11.9 Å². The molecule has 0 aliphatic rings. The van der Waals surface area contributed by atoms with Gasteiger partial charge in [0.2, 0.25) is 5.82 Å². The molecule has 0 atom stereocenters. The van der Waals surface area contributed by atoms with Gasteiger partial charge in [-0.3, -0.25) is 10.2 Å². The highest BCUT2D eigenvalue weighted by Crippen LogP contribution is 2.06. The first-order valence-electron chi connectivity index (χ1n) is 7.53. The summed E-state index contributed by atoms with van der Waals surface area (Å²) in [6.07, 6.45) is 1.92. The molecular weight excluding hydrogens is 304 g/mol. The molecule has 2 aromatic heterocycles. The van der Waals surface area contributed by atoms with Crippen LogP contribution in [0.5, 0.6) is 0 Å². The fraction of sp³-hybridized carbons (Fsp3) is 0.176. The number of allylic oxidation sites excluding steroid dienone is 1. The van der Waals surface area contributed by atoms with Crippen molar-refractivity contribution in [3.05, 3.63) is 64.9 Å². The number of nitrogens with zero attached hydrogens (tertiary/aromatic N) is 4. The molecule has 24 heavy (non-hydrogen) atoms. The lowest BCUT2D eigenvalue weighted by atomic mass is 10.2. The van der Waals surface area contributed by atoms with E-state index >= 15 is 0 Å². The van der Waals surface area contributed by atoms with Crippen LogP contribution in [0.4, 0.5) is 0 Å². The van der Waals surface area contributed by atoms with Crippen LogP contribution in [0.2, 0.25) is 0 Å². The molecule has 1 amide bonds. The van der Waals surface area contributed by atoms with Crippen LogP contribution in [-0.2, 0) is 0 Å². The maximum absolute atomic E-state index is 12.2. The molecule has 0 spiro atoms. The lowest BCUT2D eigenvalue weighted by Crippen LogP contribution is -2.36. The van der Waals surface area contributed by atoms with Gasteiger partial charge in [-0.15, -0.1) is 5.10 Å². The van der Waals surface area contributed by atoms with E-state index in [1.54, 1.807) is 4.52 Å². The van der Waals surface area contributed by atoms with Crippen LogP contribution in [0.15, 0.2) is 42.1 Å². The van der Waals surface area contributed by atoms with Crippen molar-refractivity contribution < 1.29 is 4.79 Å². The van der Waals surface area contributed by atoms with Crippen LogP contribution in [-0.4, -0.2) is 25.5 Å². The first-order valence-corrected chi connectivity index (χ1v) is 7.53. The van der Waals surface area contributed by atoms with Gasteiger partial charge in [-0.2, -0.15) is 4.98 Å². The minimum absolute atomic E-state index is 0.0659. The minimum atomic E-state index is -0.418. The summed E-state index contributed by atoms with van der Waals surface area (Å²) in [5.41, 5.74) is 8.98. The molecule has 7 heteroatoms. The summed E-state index contributed by atoms with van der Waals surface area (Å²) < 4.78 is 1.55. The van der Waals surface area contributed by atoms with Crippen molar-refractivity contribution in [2.24, 2.45) is 0 Å². The second kappa shape index (κ2) is 6.49. The Morgan fingerprint density at radius 2 is 1.88 bits per heavy atom. The standard InChI is InChI=1S/C17H18N6O/c1-11-9-13(3)23-17(18-11)19-15(22-23)16(24)21-20-12(2)10-14-7-5-4-6-8-14/h4-10,20H,1-3H3,(H,21,24)/b12-10+. The summed E-state index contributed by atoms with van der Waals surface area (Å²) in [6, 6.07) is 11.7. The van der Waals surface area contributed by atoms with Crippen LogP contribution in [0.1, 0.15) is 34.5 Å². The van der Waals surface area contributed by atoms with E-state index in [9.17, 15) is 4.79 Å². The van der Waals surface area contributed by atoms with Gasteiger partial charge in [0.1, 0.15) is 0 Å². The lowest BCUT2D eigenvalue weighted by Gasteiger charge is -2.06. The molecule has 0 aliphatic carbocycles. The smallest absolute Gasteiger partial charge is 0.303 e. The number of rotatable bonds is 4. The number of nitrogens with one attached hydrogen (secondary N) is 2. The van der Waals surface area contributed by atoms with Crippen molar-refractivity contribution in [1.29, 1.82) is 0 Å². The average molecular weight is 322 g/mol. The van der Waals surface area contributed by atoms with Gasteiger partial charge in [-0.05, 0) is 38.5 Å². The number of aryl methyl sites for hydroxylation is 2. The molecule has 0 radical (unpaired) electrons. The third-order valence-electron chi connectivity index (χ3n) is 3.38. The Morgan fingerprint density at radius 3 is 2.62 bits per heavy atom. The molecule has 0 saturated heterocycles. The molecule has 7 nitrogen and oxygen atoms in total. The molecule has 122 valence electrons. The van der Waals surface area contributed by atoms with Gasteiger partial charge in [-0.25, -0.2) is 9.50 Å². The summed E-state index contributed by atoms with van der Waals surface area (Å²) in [7, 11) is 0. The largest absolute Gasteiger partial charge is 0.309 e. The van der Waals surface area contributed by atoms with Crippen LogP contribution in [0.3, 0.4) is 0 Å². The number of aromatic nitrogens is 4. The minimum Gasteiger partial charge on any atom is -0.303 e. The number of amides is 1. The Kier molecular flexibility index (Phi) is 4.24. The van der Waals surface area contributed by atoms with Crippen LogP contribution >= 0.6 is 0 Å². The first kappa shape index (κ1) is 15.7. The van der Waals surface area contributed by atoms with Gasteiger partial charge in [0.25, 0.3) is 5.78 Å². The van der Waals surface area contributed by atoms with Crippen molar-refractivity contribution in [2.45, 2.75) is 20.8 Å². The Bertz CT molecular complexity index is 913. The maximum Gasteiger partial charge on any atom is 0.309 e.